The Morgan fingerprint density at radius 2 is 1.47 bits per heavy atom. The molecule has 1 unspecified atom stereocenters. The third kappa shape index (κ3) is 6.13. The van der Waals surface area contributed by atoms with E-state index in [0.29, 0.717) is 44.0 Å². The molecule has 1 atom stereocenters. The summed E-state index contributed by atoms with van der Waals surface area (Å²) in [5.74, 6) is -0.955. The monoisotopic (exact) mass is 547 g/mol. The molecule has 1 amide bonds. The third-order valence-corrected chi connectivity index (χ3v) is 7.25. The molecule has 2 aromatic rings. The Morgan fingerprint density at radius 1 is 0.921 bits per heavy atom. The van der Waals surface area contributed by atoms with E-state index in [4.69, 9.17) is 4.74 Å². The number of hydrogen-bond donors (Lipinski definition) is 1. The number of carbonyl (C=O) groups excluding carboxylic acids is 1. The number of alkyl halides is 6. The Bertz CT molecular complexity index is 1090. The van der Waals surface area contributed by atoms with Crippen LogP contribution in [0, 0.1) is 5.82 Å². The van der Waals surface area contributed by atoms with Crippen molar-refractivity contribution in [1.29, 1.82) is 0 Å². The van der Waals surface area contributed by atoms with Gasteiger partial charge in [0.1, 0.15) is 11.4 Å². The number of benzene rings is 2. The molecule has 5 nitrogen and oxygen atoms in total. The first-order valence-electron chi connectivity index (χ1n) is 12.2. The molecule has 2 fully saturated rings. The number of rotatable bonds is 7. The van der Waals surface area contributed by atoms with E-state index in [2.05, 4.69) is 10.2 Å². The zero-order valence-corrected chi connectivity index (χ0v) is 20.6. The van der Waals surface area contributed by atoms with Crippen LogP contribution in [-0.4, -0.2) is 67.7 Å². The lowest BCUT2D eigenvalue weighted by atomic mass is 9.84. The van der Waals surface area contributed by atoms with Crippen LogP contribution in [0.3, 0.4) is 0 Å². The molecule has 2 aliphatic rings. The topological polar surface area (TPSA) is 44.8 Å². The Kier molecular flexibility index (Phi) is 8.06. The second-order valence-electron chi connectivity index (χ2n) is 9.71. The molecule has 2 heterocycles. The highest BCUT2D eigenvalue weighted by atomic mass is 19.4. The van der Waals surface area contributed by atoms with Gasteiger partial charge < -0.3 is 10.1 Å². The molecular formula is C26H28F7N3O2. The van der Waals surface area contributed by atoms with Crippen LogP contribution < -0.4 is 5.32 Å². The zero-order valence-electron chi connectivity index (χ0n) is 20.6. The molecule has 2 aliphatic heterocycles. The number of amides is 1. The smallest absolute Gasteiger partial charge is 0.379 e. The maximum atomic E-state index is 13.6. The minimum absolute atomic E-state index is 0.0719. The Labute approximate surface area is 215 Å². The van der Waals surface area contributed by atoms with E-state index >= 15 is 0 Å². The quantitative estimate of drug-likeness (QED) is 0.521. The van der Waals surface area contributed by atoms with Crippen molar-refractivity contribution in [2.45, 2.75) is 37.3 Å². The van der Waals surface area contributed by atoms with Crippen LogP contribution in [0.5, 0.6) is 0 Å². The highest BCUT2D eigenvalue weighted by molar-refractivity contribution is 5.87. The van der Waals surface area contributed by atoms with Crippen molar-refractivity contribution < 1.29 is 40.3 Å². The number of likely N-dealkylation sites (tertiary alicyclic amines) is 1. The molecule has 38 heavy (non-hydrogen) atoms. The molecule has 0 aromatic heterocycles. The summed E-state index contributed by atoms with van der Waals surface area (Å²) < 4.78 is 98.1. The second-order valence-corrected chi connectivity index (χ2v) is 9.71. The summed E-state index contributed by atoms with van der Waals surface area (Å²) in [4.78, 5) is 17.7. The summed E-state index contributed by atoms with van der Waals surface area (Å²) in [5, 5.41) is 2.67. The van der Waals surface area contributed by atoms with Crippen molar-refractivity contribution in [3.63, 3.8) is 0 Å². The second kappa shape index (κ2) is 10.8. The average molecular weight is 548 g/mol. The lowest BCUT2D eigenvalue weighted by molar-refractivity contribution is -0.143. The predicted octanol–water partition coefficient (Wildman–Crippen LogP) is 4.45. The van der Waals surface area contributed by atoms with Gasteiger partial charge in [-0.1, -0.05) is 12.1 Å². The molecule has 0 radical (unpaired) electrons. The number of nitrogens with zero attached hydrogens (tertiary/aromatic N) is 2. The first-order chi connectivity index (χ1) is 17.8. The molecular weight excluding hydrogens is 519 g/mol. The molecule has 2 aromatic carbocycles. The van der Waals surface area contributed by atoms with Crippen molar-refractivity contribution in [3.05, 3.63) is 70.5 Å². The third-order valence-electron chi connectivity index (χ3n) is 7.25. The van der Waals surface area contributed by atoms with Crippen molar-refractivity contribution in [3.8, 4) is 0 Å². The van der Waals surface area contributed by atoms with Gasteiger partial charge in [-0.25, -0.2) is 4.39 Å². The van der Waals surface area contributed by atoms with Crippen LogP contribution in [-0.2, 0) is 33.8 Å². The van der Waals surface area contributed by atoms with E-state index < -0.39 is 40.7 Å². The van der Waals surface area contributed by atoms with Gasteiger partial charge in [-0.15, -0.1) is 0 Å². The van der Waals surface area contributed by atoms with E-state index in [0.717, 1.165) is 13.1 Å². The fourth-order valence-electron chi connectivity index (χ4n) is 4.88. The average Bonchev–Trinajstić information content (AvgIpc) is 2.82. The van der Waals surface area contributed by atoms with Gasteiger partial charge >= 0.3 is 12.4 Å². The summed E-state index contributed by atoms with van der Waals surface area (Å²) in [6, 6.07) is 7.06. The zero-order chi connectivity index (χ0) is 27.7. The normalized spacial score (nSPS) is 19.6. The number of carbonyl (C=O) groups is 1. The van der Waals surface area contributed by atoms with E-state index in [1.54, 1.807) is 6.92 Å². The van der Waals surface area contributed by atoms with E-state index in [1.165, 1.54) is 24.3 Å². The minimum atomic E-state index is -4.95. The fourth-order valence-corrected chi connectivity index (χ4v) is 4.88. The molecule has 0 saturated carbocycles. The summed E-state index contributed by atoms with van der Waals surface area (Å²) in [6.45, 7) is 5.40. The Hall–Kier alpha value is -2.70. The molecule has 4 rings (SSSR count). The van der Waals surface area contributed by atoms with Crippen LogP contribution in [0.25, 0.3) is 0 Å². The number of morpholine rings is 1. The van der Waals surface area contributed by atoms with E-state index in [1.807, 2.05) is 4.90 Å². The number of nitrogens with one attached hydrogen (secondary N) is 1. The molecule has 0 bridgehead atoms. The highest BCUT2D eigenvalue weighted by Crippen LogP contribution is 2.37. The van der Waals surface area contributed by atoms with Crippen LogP contribution in [0.2, 0.25) is 0 Å². The first-order valence-corrected chi connectivity index (χ1v) is 12.2. The van der Waals surface area contributed by atoms with Crippen molar-refractivity contribution in [2.24, 2.45) is 0 Å². The molecule has 1 N–H and O–H groups in total. The van der Waals surface area contributed by atoms with Gasteiger partial charge in [0, 0.05) is 38.8 Å². The lowest BCUT2D eigenvalue weighted by Gasteiger charge is -2.53. The van der Waals surface area contributed by atoms with Gasteiger partial charge in [-0.3, -0.25) is 14.6 Å². The standard InChI is InChI=1S/C26H28F7N3O2/c1-24(18-2-4-21(27)5-3-18,36-15-22(16-36)35-8-10-38-11-9-35)23(37)34-7-6-17-12-19(25(28,29)30)14-20(13-17)26(31,32)33/h2-5,12-14,22H,6-11,15-16H2,1H3,(H,34,37). The van der Waals surface area contributed by atoms with Gasteiger partial charge in [-0.2, -0.15) is 26.3 Å². The molecule has 208 valence electrons. The van der Waals surface area contributed by atoms with Gasteiger partial charge in [-0.05, 0) is 54.8 Å². The van der Waals surface area contributed by atoms with Gasteiger partial charge in [0.05, 0.1) is 24.3 Å². The highest BCUT2D eigenvalue weighted by Gasteiger charge is 2.48. The first kappa shape index (κ1) is 28.3. The molecule has 2 saturated heterocycles. The van der Waals surface area contributed by atoms with Crippen LogP contribution in [0.15, 0.2) is 42.5 Å². The van der Waals surface area contributed by atoms with E-state index in [9.17, 15) is 35.5 Å². The molecule has 12 heteroatoms. The molecule has 0 spiro atoms. The summed E-state index contributed by atoms with van der Waals surface area (Å²) in [7, 11) is 0. The van der Waals surface area contributed by atoms with Gasteiger partial charge in [0.2, 0.25) is 5.91 Å². The largest absolute Gasteiger partial charge is 0.416 e. The summed E-state index contributed by atoms with van der Waals surface area (Å²) in [6.07, 6.45) is -10.1. The van der Waals surface area contributed by atoms with Crippen molar-refractivity contribution in [2.75, 3.05) is 45.9 Å². The van der Waals surface area contributed by atoms with Crippen molar-refractivity contribution in [1.82, 2.24) is 15.1 Å². The maximum absolute atomic E-state index is 13.6. The predicted molar refractivity (Wildman–Crippen MR) is 125 cm³/mol. The van der Waals surface area contributed by atoms with Gasteiger partial charge in [0.25, 0.3) is 0 Å². The Balaban J connectivity index is 1.49. The SMILES string of the molecule is CC(C(=O)NCCc1cc(C(F)(F)F)cc(C(F)(F)F)c1)(c1ccc(F)cc1)N1CC(N2CCOCC2)C1. The van der Waals surface area contributed by atoms with Crippen LogP contribution in [0.4, 0.5) is 30.7 Å². The minimum Gasteiger partial charge on any atom is -0.379 e. The lowest BCUT2D eigenvalue weighted by Crippen LogP contribution is -2.69. The number of halogens is 7. The molecule has 0 aliphatic carbocycles. The summed E-state index contributed by atoms with van der Waals surface area (Å²) >= 11 is 0. The fraction of sp³-hybridized carbons (Fsp3) is 0.500. The number of hydrogen-bond acceptors (Lipinski definition) is 4. The van der Waals surface area contributed by atoms with Crippen LogP contribution in [0.1, 0.15) is 29.2 Å². The van der Waals surface area contributed by atoms with Crippen molar-refractivity contribution >= 4 is 5.91 Å². The van der Waals surface area contributed by atoms with Gasteiger partial charge in [0.15, 0.2) is 0 Å². The number of ether oxygens (including phenoxy) is 1. The van der Waals surface area contributed by atoms with Crippen LogP contribution >= 0.6 is 0 Å². The maximum Gasteiger partial charge on any atom is 0.416 e. The summed E-state index contributed by atoms with van der Waals surface area (Å²) in [5.41, 5.74) is -3.71. The Morgan fingerprint density at radius 3 is 2.00 bits per heavy atom. The van der Waals surface area contributed by atoms with E-state index in [-0.39, 0.29) is 30.6 Å².